The van der Waals surface area contributed by atoms with Gasteiger partial charge in [0.05, 0.1) is 18.9 Å². The Bertz CT molecular complexity index is 1840. The molecule has 226 valence electrons. The third-order valence-electron chi connectivity index (χ3n) is 6.61. The number of hydrazone groups is 1. The van der Waals surface area contributed by atoms with E-state index in [1.165, 1.54) is 25.5 Å². The fraction of sp³-hybridized carbons (Fsp3) is 0.0909. The molecule has 0 aliphatic carbocycles. The van der Waals surface area contributed by atoms with Crippen LogP contribution in [0.25, 0.3) is 6.08 Å². The highest BCUT2D eigenvalue weighted by Gasteiger charge is 2.20. The highest BCUT2D eigenvalue weighted by molar-refractivity contribution is 6.05. The molecule has 4 aromatic carbocycles. The molecule has 0 fully saturated rings. The molecule has 0 saturated carbocycles. The summed E-state index contributed by atoms with van der Waals surface area (Å²) < 4.78 is 32.3. The number of nitrogens with zero attached hydrogens (tertiary/aromatic N) is 1. The molecule has 0 saturated heterocycles. The number of hydrogen-bond donors (Lipinski definition) is 2. The zero-order valence-corrected chi connectivity index (χ0v) is 23.8. The average molecular weight is 608 g/mol. The monoisotopic (exact) mass is 607 g/mol. The molecule has 0 bridgehead atoms. The predicted molar refractivity (Wildman–Crippen MR) is 161 cm³/mol. The van der Waals surface area contributed by atoms with Crippen LogP contribution in [0.5, 0.6) is 34.5 Å². The van der Waals surface area contributed by atoms with Gasteiger partial charge in [-0.3, -0.25) is 9.59 Å². The van der Waals surface area contributed by atoms with E-state index in [0.717, 1.165) is 0 Å². The quantitative estimate of drug-likeness (QED) is 0.0936. The molecule has 2 amide bonds. The smallest absolute Gasteiger partial charge is 0.343 e. The van der Waals surface area contributed by atoms with Gasteiger partial charge in [-0.2, -0.15) is 5.10 Å². The van der Waals surface area contributed by atoms with Crippen LogP contribution in [-0.4, -0.2) is 44.7 Å². The first-order valence-electron chi connectivity index (χ1n) is 13.6. The third-order valence-corrected chi connectivity index (χ3v) is 6.61. The van der Waals surface area contributed by atoms with Gasteiger partial charge >= 0.3 is 5.97 Å². The SMILES string of the molecule is COc1cc(/C=N/NC(=O)/C(=C\c2ccc3c(c2)OCO3)NC(=O)c2ccccc2)ccc1OC(=O)c1ccc2c(c1)OCO2. The first-order valence-corrected chi connectivity index (χ1v) is 13.6. The van der Waals surface area contributed by atoms with Crippen molar-refractivity contribution in [3.63, 3.8) is 0 Å². The van der Waals surface area contributed by atoms with Gasteiger partial charge in [-0.05, 0) is 77.9 Å². The van der Waals surface area contributed by atoms with Crippen molar-refractivity contribution in [1.82, 2.24) is 10.7 Å². The fourth-order valence-electron chi connectivity index (χ4n) is 4.37. The fourth-order valence-corrected chi connectivity index (χ4v) is 4.37. The number of methoxy groups -OCH3 is 1. The van der Waals surface area contributed by atoms with Crippen molar-refractivity contribution < 1.29 is 42.8 Å². The van der Waals surface area contributed by atoms with E-state index in [1.54, 1.807) is 78.9 Å². The summed E-state index contributed by atoms with van der Waals surface area (Å²) in [4.78, 5) is 38.8. The van der Waals surface area contributed by atoms with Gasteiger partial charge < -0.3 is 33.7 Å². The largest absolute Gasteiger partial charge is 0.493 e. The highest BCUT2D eigenvalue weighted by Crippen LogP contribution is 2.34. The van der Waals surface area contributed by atoms with E-state index in [9.17, 15) is 14.4 Å². The molecule has 12 nitrogen and oxygen atoms in total. The molecule has 0 unspecified atom stereocenters. The summed E-state index contributed by atoms with van der Waals surface area (Å²) in [6.07, 6.45) is 2.88. The van der Waals surface area contributed by atoms with Gasteiger partial charge in [-0.1, -0.05) is 24.3 Å². The first kappa shape index (κ1) is 28.8. The molecule has 2 heterocycles. The van der Waals surface area contributed by atoms with Crippen LogP contribution < -0.4 is 39.2 Å². The van der Waals surface area contributed by atoms with E-state index in [4.69, 9.17) is 28.4 Å². The van der Waals surface area contributed by atoms with Gasteiger partial charge in [-0.15, -0.1) is 0 Å². The van der Waals surface area contributed by atoms with Crippen LogP contribution in [0.15, 0.2) is 95.7 Å². The Labute approximate surface area is 256 Å². The van der Waals surface area contributed by atoms with Gasteiger partial charge in [0.2, 0.25) is 13.6 Å². The van der Waals surface area contributed by atoms with Crippen molar-refractivity contribution in [2.24, 2.45) is 5.10 Å². The number of carbonyl (C=O) groups is 3. The Hall–Kier alpha value is -6.30. The molecular weight excluding hydrogens is 582 g/mol. The molecule has 2 N–H and O–H groups in total. The minimum Gasteiger partial charge on any atom is -0.493 e. The summed E-state index contributed by atoms with van der Waals surface area (Å²) in [6.45, 7) is 0.189. The average Bonchev–Trinajstić information content (AvgIpc) is 3.74. The van der Waals surface area contributed by atoms with Crippen molar-refractivity contribution in [3.8, 4) is 34.5 Å². The Balaban J connectivity index is 1.15. The van der Waals surface area contributed by atoms with E-state index in [2.05, 4.69) is 15.8 Å². The molecule has 12 heteroatoms. The minimum atomic E-state index is -0.672. The van der Waals surface area contributed by atoms with Crippen molar-refractivity contribution in [2.45, 2.75) is 0 Å². The van der Waals surface area contributed by atoms with Gasteiger partial charge in [-0.25, -0.2) is 10.2 Å². The number of rotatable bonds is 9. The summed E-state index contributed by atoms with van der Waals surface area (Å²) in [5.41, 5.74) is 4.15. The normalized spacial score (nSPS) is 13.0. The van der Waals surface area contributed by atoms with Crippen LogP contribution in [0.3, 0.4) is 0 Å². The molecule has 0 radical (unpaired) electrons. The molecule has 0 atom stereocenters. The zero-order chi connectivity index (χ0) is 31.2. The summed E-state index contributed by atoms with van der Waals surface area (Å²) >= 11 is 0. The topological polar surface area (TPSA) is 143 Å². The number of esters is 1. The molecular formula is C33H25N3O9. The van der Waals surface area contributed by atoms with Crippen LogP contribution in [0.2, 0.25) is 0 Å². The lowest BCUT2D eigenvalue weighted by molar-refractivity contribution is -0.117. The van der Waals surface area contributed by atoms with E-state index < -0.39 is 17.8 Å². The Morgan fingerprint density at radius 3 is 2.18 bits per heavy atom. The van der Waals surface area contributed by atoms with Crippen LogP contribution in [0, 0.1) is 0 Å². The van der Waals surface area contributed by atoms with E-state index in [1.807, 2.05) is 0 Å². The van der Waals surface area contributed by atoms with E-state index in [-0.39, 0.29) is 36.3 Å². The Morgan fingerprint density at radius 1 is 0.733 bits per heavy atom. The van der Waals surface area contributed by atoms with Crippen molar-refractivity contribution in [1.29, 1.82) is 0 Å². The summed E-state index contributed by atoms with van der Waals surface area (Å²) in [5.74, 6) is 0.797. The number of nitrogens with one attached hydrogen (secondary N) is 2. The van der Waals surface area contributed by atoms with Crippen LogP contribution in [-0.2, 0) is 4.79 Å². The lowest BCUT2D eigenvalue weighted by Crippen LogP contribution is -2.32. The Morgan fingerprint density at radius 2 is 1.42 bits per heavy atom. The van der Waals surface area contributed by atoms with Crippen molar-refractivity contribution in [2.75, 3.05) is 20.7 Å². The van der Waals surface area contributed by atoms with Crippen LogP contribution >= 0.6 is 0 Å². The van der Waals surface area contributed by atoms with Gasteiger partial charge in [0, 0.05) is 5.56 Å². The maximum Gasteiger partial charge on any atom is 0.343 e. The summed E-state index contributed by atoms with van der Waals surface area (Å²) in [5, 5.41) is 6.69. The predicted octanol–water partition coefficient (Wildman–Crippen LogP) is 4.29. The van der Waals surface area contributed by atoms with Gasteiger partial charge in [0.1, 0.15) is 5.70 Å². The number of hydrogen-bond acceptors (Lipinski definition) is 10. The second kappa shape index (κ2) is 12.9. The van der Waals surface area contributed by atoms with E-state index >= 15 is 0 Å². The van der Waals surface area contributed by atoms with Gasteiger partial charge in [0.15, 0.2) is 34.5 Å². The molecule has 2 aliphatic heterocycles. The minimum absolute atomic E-state index is 0.0526. The third kappa shape index (κ3) is 6.70. The molecule has 6 rings (SSSR count). The van der Waals surface area contributed by atoms with Crippen LogP contribution in [0.1, 0.15) is 31.8 Å². The second-order valence-electron chi connectivity index (χ2n) is 9.56. The van der Waals surface area contributed by atoms with Crippen molar-refractivity contribution in [3.05, 3.63) is 113 Å². The number of ether oxygens (including phenoxy) is 6. The number of benzene rings is 4. The number of amides is 2. The first-order chi connectivity index (χ1) is 22.0. The summed E-state index contributed by atoms with van der Waals surface area (Å²) in [6, 6.07) is 23.1. The van der Waals surface area contributed by atoms with E-state index in [0.29, 0.717) is 39.7 Å². The lowest BCUT2D eigenvalue weighted by Gasteiger charge is -2.11. The number of fused-ring (bicyclic) bond motifs is 2. The molecule has 45 heavy (non-hydrogen) atoms. The van der Waals surface area contributed by atoms with Crippen LogP contribution in [0.4, 0.5) is 0 Å². The molecule has 2 aliphatic rings. The number of carbonyl (C=O) groups excluding carboxylic acids is 3. The van der Waals surface area contributed by atoms with Gasteiger partial charge in [0.25, 0.3) is 11.8 Å². The summed E-state index contributed by atoms with van der Waals surface area (Å²) in [7, 11) is 1.43. The maximum absolute atomic E-state index is 13.2. The maximum atomic E-state index is 13.2. The second-order valence-corrected chi connectivity index (χ2v) is 9.56. The highest BCUT2D eigenvalue weighted by atomic mass is 16.7. The zero-order valence-electron chi connectivity index (χ0n) is 23.8. The molecule has 4 aromatic rings. The standard InChI is InChI=1S/C33H25N3O9/c1-40-28-15-21(8-11-27(28)45-33(39)23-9-12-26-30(16-23)44-19-42-26)17-34-36-32(38)24(35-31(37)22-5-3-2-4-6-22)13-20-7-10-25-29(14-20)43-18-41-25/h2-17H,18-19H2,1H3,(H,35,37)(H,36,38)/b24-13+,34-17+. The van der Waals surface area contributed by atoms with Crippen molar-refractivity contribution >= 4 is 30.1 Å². The lowest BCUT2D eigenvalue weighted by atomic mass is 10.1. The molecule has 0 aromatic heterocycles. The Kier molecular flexibility index (Phi) is 8.27. The molecule has 0 spiro atoms.